The van der Waals surface area contributed by atoms with Crippen molar-refractivity contribution < 1.29 is 13.2 Å². The molecule has 2 rings (SSSR count). The maximum Gasteiger partial charge on any atom is 0.233 e. The lowest BCUT2D eigenvalue weighted by atomic mass is 10.3. The summed E-state index contributed by atoms with van der Waals surface area (Å²) >= 11 is 6.01. The second-order valence-corrected chi connectivity index (χ2v) is 6.58. The van der Waals surface area contributed by atoms with Gasteiger partial charge in [0.25, 0.3) is 0 Å². The molecule has 1 aromatic heterocycles. The number of nitrogens with one attached hydrogen (secondary N) is 1. The van der Waals surface area contributed by atoms with Crippen LogP contribution in [-0.2, 0) is 14.8 Å². The van der Waals surface area contributed by atoms with Crippen molar-refractivity contribution in [2.75, 3.05) is 41.7 Å². The molecule has 0 amide bonds. The van der Waals surface area contributed by atoms with Crippen molar-refractivity contribution >= 4 is 33.3 Å². The Balaban J connectivity index is 2.23. The van der Waals surface area contributed by atoms with Crippen LogP contribution in [0.1, 0.15) is 6.92 Å². The van der Waals surface area contributed by atoms with Crippen LogP contribution in [0.2, 0.25) is 5.02 Å². The standard InChI is InChI=1S/C11H16ClN3O3S/c1-2-19(16,17)14-10-7-9(12)8-11(13-10)15-3-5-18-6-4-15/h7-8H,2-6H2,1H3,(H,13,14). The molecule has 2 heterocycles. The number of hydrogen-bond acceptors (Lipinski definition) is 5. The molecule has 106 valence electrons. The monoisotopic (exact) mass is 305 g/mol. The lowest BCUT2D eigenvalue weighted by molar-refractivity contribution is 0.122. The fourth-order valence-corrected chi connectivity index (χ4v) is 2.49. The molecule has 1 aliphatic heterocycles. The van der Waals surface area contributed by atoms with Gasteiger partial charge in [0.2, 0.25) is 10.0 Å². The largest absolute Gasteiger partial charge is 0.378 e. The SMILES string of the molecule is CCS(=O)(=O)Nc1cc(Cl)cc(N2CCOCC2)n1. The van der Waals surface area contributed by atoms with E-state index in [0.29, 0.717) is 37.1 Å². The lowest BCUT2D eigenvalue weighted by Gasteiger charge is -2.28. The number of aromatic nitrogens is 1. The number of nitrogens with zero attached hydrogens (tertiary/aromatic N) is 2. The van der Waals surface area contributed by atoms with Crippen molar-refractivity contribution in [2.45, 2.75) is 6.92 Å². The minimum absolute atomic E-state index is 0.00587. The normalized spacial score (nSPS) is 16.4. The Labute approximate surface area is 117 Å². The Kier molecular flexibility index (Phi) is 4.49. The molecule has 0 spiro atoms. The highest BCUT2D eigenvalue weighted by Gasteiger charge is 2.15. The molecular formula is C11H16ClN3O3S. The highest BCUT2D eigenvalue weighted by Crippen LogP contribution is 2.22. The molecule has 0 unspecified atom stereocenters. The highest BCUT2D eigenvalue weighted by molar-refractivity contribution is 7.92. The second-order valence-electron chi connectivity index (χ2n) is 4.13. The smallest absolute Gasteiger partial charge is 0.233 e. The molecule has 0 aromatic carbocycles. The van der Waals surface area contributed by atoms with Gasteiger partial charge in [-0.25, -0.2) is 13.4 Å². The molecule has 19 heavy (non-hydrogen) atoms. The Hall–Kier alpha value is -1.05. The van der Waals surface area contributed by atoms with Crippen molar-refractivity contribution in [1.29, 1.82) is 0 Å². The summed E-state index contributed by atoms with van der Waals surface area (Å²) in [6, 6.07) is 3.22. The number of ether oxygens (including phenoxy) is 1. The van der Waals surface area contributed by atoms with Crippen LogP contribution in [0.25, 0.3) is 0 Å². The maximum atomic E-state index is 11.5. The molecular weight excluding hydrogens is 290 g/mol. The Morgan fingerprint density at radius 2 is 2.11 bits per heavy atom. The summed E-state index contributed by atoms with van der Waals surface area (Å²) in [6.07, 6.45) is 0. The van der Waals surface area contributed by atoms with Gasteiger partial charge < -0.3 is 9.64 Å². The number of anilines is 2. The molecule has 0 atom stereocenters. The van der Waals surface area contributed by atoms with Crippen LogP contribution in [0.15, 0.2) is 12.1 Å². The van der Waals surface area contributed by atoms with Gasteiger partial charge >= 0.3 is 0 Å². The molecule has 6 nitrogen and oxygen atoms in total. The highest BCUT2D eigenvalue weighted by atomic mass is 35.5. The summed E-state index contributed by atoms with van der Waals surface area (Å²) in [5, 5.41) is 0.449. The Morgan fingerprint density at radius 3 is 2.74 bits per heavy atom. The zero-order chi connectivity index (χ0) is 13.9. The van der Waals surface area contributed by atoms with Gasteiger partial charge in [0, 0.05) is 24.2 Å². The molecule has 0 radical (unpaired) electrons. The van der Waals surface area contributed by atoms with Crippen molar-refractivity contribution in [3.8, 4) is 0 Å². The van der Waals surface area contributed by atoms with E-state index in [2.05, 4.69) is 9.71 Å². The minimum Gasteiger partial charge on any atom is -0.378 e. The van der Waals surface area contributed by atoms with Gasteiger partial charge in [-0.05, 0) is 13.0 Å². The van der Waals surface area contributed by atoms with Crippen molar-refractivity contribution in [3.05, 3.63) is 17.2 Å². The maximum absolute atomic E-state index is 11.5. The molecule has 1 fully saturated rings. The first-order valence-electron chi connectivity index (χ1n) is 6.01. The number of rotatable bonds is 4. The molecule has 1 aromatic rings. The summed E-state index contributed by atoms with van der Waals surface area (Å²) in [5.74, 6) is 0.897. The summed E-state index contributed by atoms with van der Waals surface area (Å²) < 4.78 is 30.8. The van der Waals surface area contributed by atoms with E-state index in [4.69, 9.17) is 16.3 Å². The van der Waals surface area contributed by atoms with Gasteiger partial charge in [-0.2, -0.15) is 0 Å². The van der Waals surface area contributed by atoms with E-state index in [1.807, 2.05) is 4.90 Å². The molecule has 1 aliphatic rings. The molecule has 8 heteroatoms. The summed E-state index contributed by atoms with van der Waals surface area (Å²) in [4.78, 5) is 6.30. The predicted molar refractivity (Wildman–Crippen MR) is 75.4 cm³/mol. The number of sulfonamides is 1. The fourth-order valence-electron chi connectivity index (χ4n) is 1.72. The van der Waals surface area contributed by atoms with Gasteiger partial charge in [0.05, 0.1) is 19.0 Å². The predicted octanol–water partition coefficient (Wildman–Crippen LogP) is 1.33. The number of hydrogen-bond donors (Lipinski definition) is 1. The van der Waals surface area contributed by atoms with Crippen LogP contribution in [0, 0.1) is 0 Å². The van der Waals surface area contributed by atoms with Gasteiger partial charge in [-0.1, -0.05) is 11.6 Å². The minimum atomic E-state index is -3.35. The molecule has 0 saturated carbocycles. The third-order valence-corrected chi connectivity index (χ3v) is 4.25. The Bertz CT molecular complexity index is 544. The van der Waals surface area contributed by atoms with E-state index in [1.165, 1.54) is 6.07 Å². The van der Waals surface area contributed by atoms with Gasteiger partial charge in [0.1, 0.15) is 11.6 Å². The van der Waals surface area contributed by atoms with Gasteiger partial charge in [-0.15, -0.1) is 0 Å². The topological polar surface area (TPSA) is 71.5 Å². The van der Waals surface area contributed by atoms with E-state index >= 15 is 0 Å². The first-order valence-corrected chi connectivity index (χ1v) is 8.04. The van der Waals surface area contributed by atoms with Crippen LogP contribution < -0.4 is 9.62 Å². The molecule has 1 N–H and O–H groups in total. The third-order valence-electron chi connectivity index (χ3n) is 2.75. The van der Waals surface area contributed by atoms with E-state index in [1.54, 1.807) is 13.0 Å². The third kappa shape index (κ3) is 3.95. The van der Waals surface area contributed by atoms with Gasteiger partial charge in [-0.3, -0.25) is 4.72 Å². The van der Waals surface area contributed by atoms with Crippen molar-refractivity contribution in [1.82, 2.24) is 4.98 Å². The number of pyridine rings is 1. The first kappa shape index (κ1) is 14.4. The number of morpholine rings is 1. The van der Waals surface area contributed by atoms with Crippen LogP contribution in [-0.4, -0.2) is 45.5 Å². The quantitative estimate of drug-likeness (QED) is 0.909. The second kappa shape index (κ2) is 5.94. The van der Waals surface area contributed by atoms with Crippen molar-refractivity contribution in [3.63, 3.8) is 0 Å². The first-order chi connectivity index (χ1) is 9.00. The Morgan fingerprint density at radius 1 is 1.42 bits per heavy atom. The summed E-state index contributed by atoms with van der Waals surface area (Å²) in [7, 11) is -3.35. The molecule has 0 bridgehead atoms. The fraction of sp³-hybridized carbons (Fsp3) is 0.545. The van der Waals surface area contributed by atoms with Gasteiger partial charge in [0.15, 0.2) is 0 Å². The van der Waals surface area contributed by atoms with Crippen LogP contribution in [0.4, 0.5) is 11.6 Å². The zero-order valence-electron chi connectivity index (χ0n) is 10.6. The molecule has 1 saturated heterocycles. The van der Waals surface area contributed by atoms with Crippen LogP contribution >= 0.6 is 11.6 Å². The number of halogens is 1. The summed E-state index contributed by atoms with van der Waals surface area (Å²) in [5.41, 5.74) is 0. The van der Waals surface area contributed by atoms with E-state index in [-0.39, 0.29) is 11.6 Å². The van der Waals surface area contributed by atoms with Crippen LogP contribution in [0.3, 0.4) is 0 Å². The average molecular weight is 306 g/mol. The summed E-state index contributed by atoms with van der Waals surface area (Å²) in [6.45, 7) is 4.25. The van der Waals surface area contributed by atoms with E-state index in [0.717, 1.165) is 0 Å². The van der Waals surface area contributed by atoms with Crippen molar-refractivity contribution in [2.24, 2.45) is 0 Å². The average Bonchev–Trinajstić information content (AvgIpc) is 2.38. The zero-order valence-corrected chi connectivity index (χ0v) is 12.2. The van der Waals surface area contributed by atoms with E-state index < -0.39 is 10.0 Å². The van der Waals surface area contributed by atoms with Crippen LogP contribution in [0.5, 0.6) is 0 Å². The lowest BCUT2D eigenvalue weighted by Crippen LogP contribution is -2.36. The molecule has 0 aliphatic carbocycles. The van der Waals surface area contributed by atoms with E-state index in [9.17, 15) is 8.42 Å².